The van der Waals surface area contributed by atoms with Gasteiger partial charge in [0.15, 0.2) is 0 Å². The number of rotatable bonds is 4. The summed E-state index contributed by atoms with van der Waals surface area (Å²) in [4.78, 5) is 18.4. The lowest BCUT2D eigenvalue weighted by Crippen LogP contribution is -2.40. The number of thioether (sulfide) groups is 2. The van der Waals surface area contributed by atoms with E-state index in [9.17, 15) is 4.79 Å². The van der Waals surface area contributed by atoms with Gasteiger partial charge >= 0.3 is 6.03 Å². The Hall–Kier alpha value is -2.19. The zero-order valence-electron chi connectivity index (χ0n) is 18.5. The Balaban J connectivity index is 1.18. The van der Waals surface area contributed by atoms with Gasteiger partial charge in [0, 0.05) is 56.0 Å². The fourth-order valence-electron chi connectivity index (χ4n) is 4.80. The number of amides is 2. The predicted molar refractivity (Wildman–Crippen MR) is 146 cm³/mol. The average molecular weight is 521 g/mol. The van der Waals surface area contributed by atoms with E-state index in [0.29, 0.717) is 13.1 Å². The van der Waals surface area contributed by atoms with E-state index in [4.69, 9.17) is 0 Å². The van der Waals surface area contributed by atoms with E-state index in [1.54, 1.807) is 22.7 Å². The van der Waals surface area contributed by atoms with Gasteiger partial charge in [-0.3, -0.25) is 0 Å². The largest absolute Gasteiger partial charge is 0.337 e. The highest BCUT2D eigenvalue weighted by molar-refractivity contribution is 7.98. The minimum Gasteiger partial charge on any atom is -0.337 e. The van der Waals surface area contributed by atoms with Crippen LogP contribution in [0.25, 0.3) is 0 Å². The predicted octanol–water partition coefficient (Wildman–Crippen LogP) is 7.28. The summed E-state index contributed by atoms with van der Waals surface area (Å²) in [7, 11) is 0. The molecule has 2 aliphatic heterocycles. The van der Waals surface area contributed by atoms with Gasteiger partial charge in [-0.2, -0.15) is 0 Å². The molecule has 34 heavy (non-hydrogen) atoms. The van der Waals surface area contributed by atoms with Gasteiger partial charge in [-0.25, -0.2) is 4.79 Å². The first kappa shape index (κ1) is 22.3. The molecule has 4 aromatic rings. The maximum absolute atomic E-state index is 13.0. The van der Waals surface area contributed by atoms with Crippen LogP contribution in [0, 0.1) is 0 Å². The maximum atomic E-state index is 13.0. The summed E-state index contributed by atoms with van der Waals surface area (Å²) in [5.74, 6) is 2.35. The average Bonchev–Trinajstić information content (AvgIpc) is 3.47. The van der Waals surface area contributed by atoms with Crippen LogP contribution in [-0.2, 0) is 11.5 Å². The van der Waals surface area contributed by atoms with Gasteiger partial charge in [0.05, 0.1) is 0 Å². The Bertz CT molecular complexity index is 1230. The molecule has 2 N–H and O–H groups in total. The molecule has 2 atom stereocenters. The molecule has 3 nitrogen and oxygen atoms in total. The molecule has 2 aromatic carbocycles. The topological polar surface area (TPSA) is 41.1 Å². The molecule has 4 heterocycles. The Kier molecular flexibility index (Phi) is 6.43. The molecule has 2 aliphatic rings. The zero-order chi connectivity index (χ0) is 22.9. The summed E-state index contributed by atoms with van der Waals surface area (Å²) in [5, 5.41) is 10.7. The third-order valence-electron chi connectivity index (χ3n) is 6.48. The highest BCUT2D eigenvalue weighted by Gasteiger charge is 2.27. The number of hydrogen-bond donors (Lipinski definition) is 2. The van der Waals surface area contributed by atoms with Crippen LogP contribution in [0.2, 0.25) is 0 Å². The van der Waals surface area contributed by atoms with Gasteiger partial charge in [0.25, 0.3) is 0 Å². The summed E-state index contributed by atoms with van der Waals surface area (Å²) in [6.07, 6.45) is 0. The van der Waals surface area contributed by atoms with E-state index in [-0.39, 0.29) is 17.9 Å². The highest BCUT2D eigenvalue weighted by atomic mass is 32.2. The van der Waals surface area contributed by atoms with Crippen molar-refractivity contribution in [3.63, 3.8) is 0 Å². The number of thiophene rings is 2. The first-order chi connectivity index (χ1) is 16.8. The quantitative estimate of drug-likeness (QED) is 0.297. The summed E-state index contributed by atoms with van der Waals surface area (Å²) in [6, 6.07) is 21.6. The summed E-state index contributed by atoms with van der Waals surface area (Å²) in [5.41, 5.74) is 5.39. The van der Waals surface area contributed by atoms with E-state index in [0.717, 1.165) is 11.5 Å². The summed E-state index contributed by atoms with van der Waals surface area (Å²) >= 11 is 7.38. The Morgan fingerprint density at radius 3 is 1.68 bits per heavy atom. The van der Waals surface area contributed by atoms with Crippen LogP contribution in [0.4, 0.5) is 4.79 Å². The van der Waals surface area contributed by atoms with Crippen LogP contribution in [0.3, 0.4) is 0 Å². The number of carbonyl (C=O) groups is 1. The fraction of sp³-hybridized carbons (Fsp3) is 0.222. The molecule has 7 heteroatoms. The minimum atomic E-state index is -0.0972. The second-order valence-electron chi connectivity index (χ2n) is 8.47. The van der Waals surface area contributed by atoms with Gasteiger partial charge in [0.1, 0.15) is 0 Å². The van der Waals surface area contributed by atoms with Crippen molar-refractivity contribution in [2.45, 2.75) is 33.1 Å². The van der Waals surface area contributed by atoms with Crippen molar-refractivity contribution >= 4 is 52.2 Å². The zero-order valence-corrected chi connectivity index (χ0v) is 21.7. The number of urea groups is 1. The minimum absolute atomic E-state index is 0.0972. The van der Waals surface area contributed by atoms with Crippen molar-refractivity contribution in [3.05, 3.63) is 103 Å². The normalized spacial score (nSPS) is 18.5. The lowest BCUT2D eigenvalue weighted by molar-refractivity contribution is 0.240. The Labute approximate surface area is 216 Å². The summed E-state index contributed by atoms with van der Waals surface area (Å²) < 4.78 is 0. The van der Waals surface area contributed by atoms with Crippen LogP contribution in [0.1, 0.15) is 43.8 Å². The SMILES string of the molecule is O=C(NCC1c2ccccc2SCc2ccsc21)NCC1c2ccccc2SCc2ccsc21. The van der Waals surface area contributed by atoms with Crippen LogP contribution in [0.15, 0.2) is 81.2 Å². The molecular formula is C27H24N2OS4. The van der Waals surface area contributed by atoms with Gasteiger partial charge < -0.3 is 10.6 Å². The first-order valence-corrected chi connectivity index (χ1v) is 15.1. The van der Waals surface area contributed by atoms with Crippen LogP contribution in [-0.4, -0.2) is 19.1 Å². The molecule has 2 aromatic heterocycles. The van der Waals surface area contributed by atoms with Crippen molar-refractivity contribution < 1.29 is 4.79 Å². The van der Waals surface area contributed by atoms with Crippen LogP contribution < -0.4 is 10.6 Å². The van der Waals surface area contributed by atoms with Gasteiger partial charge in [-0.15, -0.1) is 46.2 Å². The van der Waals surface area contributed by atoms with Gasteiger partial charge in [-0.1, -0.05) is 36.4 Å². The molecule has 0 saturated carbocycles. The van der Waals surface area contributed by atoms with E-state index in [1.807, 2.05) is 23.5 Å². The molecular weight excluding hydrogens is 497 g/mol. The van der Waals surface area contributed by atoms with Crippen LogP contribution >= 0.6 is 46.2 Å². The van der Waals surface area contributed by atoms with E-state index in [1.165, 1.54) is 41.8 Å². The molecule has 0 spiro atoms. The third kappa shape index (κ3) is 4.31. The Morgan fingerprint density at radius 1 is 0.706 bits per heavy atom. The summed E-state index contributed by atoms with van der Waals surface area (Å²) in [6.45, 7) is 1.19. The molecule has 2 unspecified atom stereocenters. The lowest BCUT2D eigenvalue weighted by atomic mass is 9.95. The second-order valence-corrected chi connectivity index (χ2v) is 12.4. The molecule has 172 valence electrons. The third-order valence-corrected chi connectivity index (χ3v) is 10.9. The lowest BCUT2D eigenvalue weighted by Gasteiger charge is -2.21. The molecule has 2 amide bonds. The molecule has 6 rings (SSSR count). The number of nitrogens with one attached hydrogen (secondary N) is 2. The van der Waals surface area contributed by atoms with Crippen molar-refractivity contribution in [2.75, 3.05) is 13.1 Å². The molecule has 0 saturated heterocycles. The van der Waals surface area contributed by atoms with Crippen LogP contribution in [0.5, 0.6) is 0 Å². The van der Waals surface area contributed by atoms with E-state index in [2.05, 4.69) is 82.1 Å². The van der Waals surface area contributed by atoms with Crippen molar-refractivity contribution in [1.29, 1.82) is 0 Å². The first-order valence-electron chi connectivity index (χ1n) is 11.4. The molecule has 0 aliphatic carbocycles. The van der Waals surface area contributed by atoms with Crippen molar-refractivity contribution in [2.24, 2.45) is 0 Å². The second kappa shape index (κ2) is 9.82. The van der Waals surface area contributed by atoms with E-state index >= 15 is 0 Å². The van der Waals surface area contributed by atoms with Gasteiger partial charge in [0.2, 0.25) is 0 Å². The number of carbonyl (C=O) groups excluding carboxylic acids is 1. The molecule has 0 bridgehead atoms. The van der Waals surface area contributed by atoms with Crippen molar-refractivity contribution in [1.82, 2.24) is 10.6 Å². The number of fused-ring (bicyclic) bond motifs is 4. The van der Waals surface area contributed by atoms with Crippen molar-refractivity contribution in [3.8, 4) is 0 Å². The van der Waals surface area contributed by atoms with E-state index < -0.39 is 0 Å². The monoisotopic (exact) mass is 520 g/mol. The van der Waals surface area contributed by atoms with Gasteiger partial charge in [-0.05, 0) is 57.3 Å². The smallest absolute Gasteiger partial charge is 0.314 e. The molecule has 0 fully saturated rings. The molecule has 0 radical (unpaired) electrons. The number of benzene rings is 2. The Morgan fingerprint density at radius 2 is 1.18 bits per heavy atom. The number of hydrogen-bond acceptors (Lipinski definition) is 5. The highest BCUT2D eigenvalue weighted by Crippen LogP contribution is 2.43. The maximum Gasteiger partial charge on any atom is 0.314 e. The fourth-order valence-corrected chi connectivity index (χ4v) is 9.30. The standard InChI is InChI=1S/C27H24N2OS4/c30-27(28-13-21-19-5-1-3-7-23(19)33-15-17-9-11-31-25(17)21)29-14-22-20-6-2-4-8-24(20)34-16-18-10-12-32-26(18)22/h1-12,21-22H,13-16H2,(H2,28,29,30).